The molecule has 2 aromatic rings. The van der Waals surface area contributed by atoms with Gasteiger partial charge in [-0.15, -0.1) is 0 Å². The van der Waals surface area contributed by atoms with Gasteiger partial charge in [-0.1, -0.05) is 92.8 Å². The molecule has 0 heterocycles. The number of carboxylic acid groups (broad SMARTS) is 1. The molecule has 0 bridgehead atoms. The van der Waals surface area contributed by atoms with Gasteiger partial charge in [0, 0.05) is 6.42 Å². The Hall–Kier alpha value is -4.54. The first-order chi connectivity index (χ1) is 21.4. The average Bonchev–Trinajstić information content (AvgIpc) is 3.01. The van der Waals surface area contributed by atoms with Crippen molar-refractivity contribution in [1.29, 1.82) is 0 Å². The van der Waals surface area contributed by atoms with E-state index in [4.69, 9.17) is 0 Å². The van der Waals surface area contributed by atoms with Gasteiger partial charge in [0.05, 0.1) is 12.5 Å². The fourth-order valence-electron chi connectivity index (χ4n) is 5.33. The van der Waals surface area contributed by atoms with E-state index in [1.807, 2.05) is 48.5 Å². The monoisotopic (exact) mass is 620 g/mol. The number of ketones is 1. The first kappa shape index (κ1) is 34.9. The van der Waals surface area contributed by atoms with E-state index in [9.17, 15) is 33.9 Å². The molecule has 0 saturated heterocycles. The van der Waals surface area contributed by atoms with Gasteiger partial charge in [0.1, 0.15) is 17.6 Å². The number of hydrogen-bond acceptors (Lipinski definition) is 6. The van der Waals surface area contributed by atoms with Crippen LogP contribution in [0, 0.1) is 5.92 Å². The molecular formula is C34H44N4O7. The normalized spacial score (nSPS) is 15.5. The van der Waals surface area contributed by atoms with Crippen LogP contribution in [0.5, 0.6) is 0 Å². The summed E-state index contributed by atoms with van der Waals surface area (Å²) in [5.74, 6) is -4.88. The summed E-state index contributed by atoms with van der Waals surface area (Å²) in [4.78, 5) is 77.1. The van der Waals surface area contributed by atoms with Crippen molar-refractivity contribution < 1.29 is 33.9 Å². The first-order valence-corrected chi connectivity index (χ1v) is 15.4. The van der Waals surface area contributed by atoms with Crippen LogP contribution in [0.25, 0.3) is 0 Å². The van der Waals surface area contributed by atoms with Gasteiger partial charge < -0.3 is 26.4 Å². The van der Waals surface area contributed by atoms with Crippen molar-refractivity contribution >= 4 is 35.4 Å². The Bertz CT molecular complexity index is 1340. The molecule has 2 aromatic carbocycles. The third kappa shape index (κ3) is 11.2. The highest BCUT2D eigenvalue weighted by Gasteiger charge is 2.35. The Morgan fingerprint density at radius 2 is 1.36 bits per heavy atom. The topological polar surface area (TPSA) is 171 Å². The highest BCUT2D eigenvalue weighted by molar-refractivity contribution is 6.38. The van der Waals surface area contributed by atoms with Gasteiger partial charge in [0.25, 0.3) is 5.91 Å². The van der Waals surface area contributed by atoms with Crippen molar-refractivity contribution in [3.8, 4) is 0 Å². The van der Waals surface area contributed by atoms with Crippen LogP contribution in [0.2, 0.25) is 0 Å². The fourth-order valence-corrected chi connectivity index (χ4v) is 5.33. The Balaban J connectivity index is 1.68. The van der Waals surface area contributed by atoms with Crippen molar-refractivity contribution in [1.82, 2.24) is 21.3 Å². The van der Waals surface area contributed by atoms with Gasteiger partial charge in [-0.2, -0.15) is 0 Å². The standard InChI is InChI=1S/C34H44N4O7/c1-22(29(40)32(43)37-27(20-24-15-9-5-10-16-24)31(42)38-34(2,3)33(44)45)35-30(41)26(19-23-13-7-4-8-14-23)36-28(39)21-25-17-11-6-12-18-25/h4,6-8,11-14,17-18,22,24,26-27H,5,9-10,15-16,19-21H2,1-3H3,(H,35,41)(H,36,39)(H,37,43)(H,38,42)(H,44,45). The van der Waals surface area contributed by atoms with E-state index in [-0.39, 0.29) is 31.1 Å². The van der Waals surface area contributed by atoms with E-state index in [0.29, 0.717) is 0 Å². The zero-order valence-corrected chi connectivity index (χ0v) is 26.1. The van der Waals surface area contributed by atoms with Crippen LogP contribution >= 0.6 is 0 Å². The number of amides is 4. The lowest BCUT2D eigenvalue weighted by atomic mass is 9.84. The Morgan fingerprint density at radius 1 is 0.778 bits per heavy atom. The highest BCUT2D eigenvalue weighted by Crippen LogP contribution is 2.27. The lowest BCUT2D eigenvalue weighted by molar-refractivity contribution is -0.147. The maximum Gasteiger partial charge on any atom is 0.328 e. The molecule has 11 nitrogen and oxygen atoms in total. The van der Waals surface area contributed by atoms with E-state index in [2.05, 4.69) is 21.3 Å². The number of Topliss-reactive ketones (excluding diaryl/α,β-unsaturated/α-hetero) is 1. The molecular weight excluding hydrogens is 576 g/mol. The SMILES string of the molecule is CC(NC(=O)C(Cc1ccccc1)NC(=O)Cc1ccccc1)C(=O)C(=O)NC(CC1CCCCC1)C(=O)NC(C)(C)C(=O)O. The Kier molecular flexibility index (Phi) is 12.8. The summed E-state index contributed by atoms with van der Waals surface area (Å²) in [7, 11) is 0. The largest absolute Gasteiger partial charge is 0.480 e. The molecule has 3 atom stereocenters. The predicted octanol–water partition coefficient (Wildman–Crippen LogP) is 2.47. The molecule has 1 fully saturated rings. The summed E-state index contributed by atoms with van der Waals surface area (Å²) < 4.78 is 0. The minimum atomic E-state index is -1.59. The van der Waals surface area contributed by atoms with Crippen LogP contribution in [0.15, 0.2) is 60.7 Å². The Morgan fingerprint density at radius 3 is 1.93 bits per heavy atom. The molecule has 0 spiro atoms. The number of benzene rings is 2. The van der Waals surface area contributed by atoms with Crippen LogP contribution in [-0.4, -0.2) is 64.2 Å². The van der Waals surface area contributed by atoms with Crippen molar-refractivity contribution in [3.63, 3.8) is 0 Å². The molecule has 3 rings (SSSR count). The summed E-state index contributed by atoms with van der Waals surface area (Å²) in [6, 6.07) is 14.7. The van der Waals surface area contributed by atoms with Crippen molar-refractivity contribution in [2.45, 2.75) is 95.8 Å². The number of carboxylic acids is 1. The first-order valence-electron chi connectivity index (χ1n) is 15.4. The molecule has 242 valence electrons. The van der Waals surface area contributed by atoms with Crippen molar-refractivity contribution in [2.24, 2.45) is 5.92 Å². The van der Waals surface area contributed by atoms with Crippen LogP contribution in [0.3, 0.4) is 0 Å². The Labute approximate surface area is 263 Å². The number of aliphatic carboxylic acids is 1. The van der Waals surface area contributed by atoms with Crippen molar-refractivity contribution in [2.75, 3.05) is 0 Å². The van der Waals surface area contributed by atoms with Crippen LogP contribution in [0.4, 0.5) is 0 Å². The molecule has 0 aliphatic heterocycles. The van der Waals surface area contributed by atoms with Gasteiger partial charge in [-0.05, 0) is 44.2 Å². The maximum atomic E-state index is 13.4. The number of hydrogen-bond donors (Lipinski definition) is 5. The van der Waals surface area contributed by atoms with Gasteiger partial charge in [-0.3, -0.25) is 24.0 Å². The molecule has 0 radical (unpaired) electrons. The van der Waals surface area contributed by atoms with E-state index in [1.54, 1.807) is 12.1 Å². The van der Waals surface area contributed by atoms with E-state index < -0.39 is 53.1 Å². The third-order valence-electron chi connectivity index (χ3n) is 8.00. The van der Waals surface area contributed by atoms with Crippen LogP contribution in [-0.2, 0) is 41.6 Å². The quantitative estimate of drug-likeness (QED) is 0.190. The highest BCUT2D eigenvalue weighted by atomic mass is 16.4. The lowest BCUT2D eigenvalue weighted by Crippen LogP contribution is -2.59. The second-order valence-electron chi connectivity index (χ2n) is 12.3. The fraction of sp³-hybridized carbons (Fsp3) is 0.471. The van der Waals surface area contributed by atoms with Crippen LogP contribution in [0.1, 0.15) is 70.4 Å². The second kappa shape index (κ2) is 16.5. The average molecular weight is 621 g/mol. The molecule has 1 saturated carbocycles. The molecule has 45 heavy (non-hydrogen) atoms. The molecule has 1 aliphatic carbocycles. The molecule has 3 unspecified atom stereocenters. The molecule has 1 aliphatic rings. The minimum absolute atomic E-state index is 0.0550. The molecule has 11 heteroatoms. The minimum Gasteiger partial charge on any atom is -0.480 e. The van der Waals surface area contributed by atoms with E-state index in [1.165, 1.54) is 20.8 Å². The van der Waals surface area contributed by atoms with Gasteiger partial charge in [0.15, 0.2) is 0 Å². The smallest absolute Gasteiger partial charge is 0.328 e. The van der Waals surface area contributed by atoms with Crippen molar-refractivity contribution in [3.05, 3.63) is 71.8 Å². The van der Waals surface area contributed by atoms with Gasteiger partial charge in [-0.25, -0.2) is 4.79 Å². The molecule has 0 aromatic heterocycles. The zero-order valence-electron chi connectivity index (χ0n) is 26.1. The van der Waals surface area contributed by atoms with Gasteiger partial charge >= 0.3 is 5.97 Å². The number of rotatable bonds is 15. The summed E-state index contributed by atoms with van der Waals surface area (Å²) in [5, 5.41) is 19.7. The van der Waals surface area contributed by atoms with Gasteiger partial charge in [0.2, 0.25) is 23.5 Å². The van der Waals surface area contributed by atoms with E-state index in [0.717, 1.165) is 43.2 Å². The summed E-state index contributed by atoms with van der Waals surface area (Å²) in [6.07, 6.45) is 5.25. The number of carbonyl (C=O) groups excluding carboxylic acids is 5. The van der Waals surface area contributed by atoms with Crippen LogP contribution < -0.4 is 21.3 Å². The summed E-state index contributed by atoms with van der Waals surface area (Å²) in [6.45, 7) is 4.02. The predicted molar refractivity (Wildman–Crippen MR) is 168 cm³/mol. The maximum absolute atomic E-state index is 13.4. The van der Waals surface area contributed by atoms with E-state index >= 15 is 0 Å². The lowest BCUT2D eigenvalue weighted by Gasteiger charge is -2.29. The number of nitrogens with one attached hydrogen (secondary N) is 4. The third-order valence-corrected chi connectivity index (χ3v) is 8.00. The molecule has 4 amide bonds. The molecule has 5 N–H and O–H groups in total. The number of carbonyl (C=O) groups is 6. The zero-order chi connectivity index (χ0) is 33.0. The summed E-state index contributed by atoms with van der Waals surface area (Å²) >= 11 is 0. The summed E-state index contributed by atoms with van der Waals surface area (Å²) in [5.41, 5.74) is -0.0285. The second-order valence-corrected chi connectivity index (χ2v) is 12.3.